The molecule has 0 aromatic heterocycles. The second-order valence-electron chi connectivity index (χ2n) is 7.25. The van der Waals surface area contributed by atoms with Crippen molar-refractivity contribution in [2.75, 3.05) is 12.0 Å². The number of hydrogen-bond acceptors (Lipinski definition) is 4. The number of nitrogens with zero attached hydrogens (tertiary/aromatic N) is 1. The van der Waals surface area contributed by atoms with Gasteiger partial charge in [0.15, 0.2) is 0 Å². The molecule has 0 aliphatic carbocycles. The Morgan fingerprint density at radius 3 is 2.27 bits per heavy atom. The van der Waals surface area contributed by atoms with E-state index in [1.54, 1.807) is 4.90 Å². The first-order valence-corrected chi connectivity index (χ1v) is 8.59. The fourth-order valence-electron chi connectivity index (χ4n) is 3.23. The summed E-state index contributed by atoms with van der Waals surface area (Å²) in [6, 6.07) is 15.0. The molecule has 1 aliphatic rings. The maximum absolute atomic E-state index is 13.0. The standard InChI is InChI=1S/C21H23NO4/c1-21(2,3)26-20(24)22-17-12-8-7-10-15(17)14-9-5-6-11-16(14)18(22)13-19(23)25-4/h5-12,18H,13H2,1-4H3. The molecular formula is C21H23NO4. The van der Waals surface area contributed by atoms with Crippen LogP contribution in [0.25, 0.3) is 11.1 Å². The predicted molar refractivity (Wildman–Crippen MR) is 100.0 cm³/mol. The third-order valence-corrected chi connectivity index (χ3v) is 4.26. The van der Waals surface area contributed by atoms with Crippen LogP contribution in [0.5, 0.6) is 0 Å². The van der Waals surface area contributed by atoms with E-state index in [9.17, 15) is 9.59 Å². The van der Waals surface area contributed by atoms with E-state index in [2.05, 4.69) is 0 Å². The van der Waals surface area contributed by atoms with Crippen LogP contribution in [-0.4, -0.2) is 24.8 Å². The zero-order chi connectivity index (χ0) is 18.9. The van der Waals surface area contributed by atoms with Gasteiger partial charge in [0, 0.05) is 5.56 Å². The van der Waals surface area contributed by atoms with Crippen molar-refractivity contribution in [3.8, 4) is 11.1 Å². The molecule has 3 rings (SSSR count). The van der Waals surface area contributed by atoms with Crippen LogP contribution in [0.1, 0.15) is 38.8 Å². The smallest absolute Gasteiger partial charge is 0.415 e. The lowest BCUT2D eigenvalue weighted by Crippen LogP contribution is -2.42. The molecule has 0 N–H and O–H groups in total. The van der Waals surface area contributed by atoms with E-state index in [-0.39, 0.29) is 12.4 Å². The third kappa shape index (κ3) is 3.43. The summed E-state index contributed by atoms with van der Waals surface area (Å²) < 4.78 is 10.5. The van der Waals surface area contributed by atoms with Crippen LogP contribution < -0.4 is 4.90 Å². The van der Waals surface area contributed by atoms with Crippen molar-refractivity contribution in [3.63, 3.8) is 0 Å². The molecular weight excluding hydrogens is 330 g/mol. The zero-order valence-electron chi connectivity index (χ0n) is 15.5. The number of rotatable bonds is 2. The Balaban J connectivity index is 2.15. The number of benzene rings is 2. The van der Waals surface area contributed by atoms with Crippen molar-refractivity contribution < 1.29 is 19.1 Å². The van der Waals surface area contributed by atoms with Gasteiger partial charge < -0.3 is 9.47 Å². The van der Waals surface area contributed by atoms with Gasteiger partial charge in [0.1, 0.15) is 5.60 Å². The number of amides is 1. The minimum absolute atomic E-state index is 0.0566. The molecule has 5 heteroatoms. The van der Waals surface area contributed by atoms with Gasteiger partial charge in [0.2, 0.25) is 0 Å². The van der Waals surface area contributed by atoms with Gasteiger partial charge in [-0.2, -0.15) is 0 Å². The maximum atomic E-state index is 13.0. The highest BCUT2D eigenvalue weighted by molar-refractivity contribution is 5.99. The van der Waals surface area contributed by atoms with Crippen molar-refractivity contribution in [3.05, 3.63) is 54.1 Å². The highest BCUT2D eigenvalue weighted by Gasteiger charge is 2.38. The molecule has 1 heterocycles. The third-order valence-electron chi connectivity index (χ3n) is 4.26. The normalized spacial score (nSPS) is 15.7. The first-order valence-electron chi connectivity index (χ1n) is 8.59. The van der Waals surface area contributed by atoms with E-state index in [1.807, 2.05) is 69.3 Å². The second-order valence-corrected chi connectivity index (χ2v) is 7.25. The summed E-state index contributed by atoms with van der Waals surface area (Å²) >= 11 is 0. The SMILES string of the molecule is COC(=O)CC1c2ccccc2-c2ccccc2N1C(=O)OC(C)(C)C. The lowest BCUT2D eigenvalue weighted by Gasteiger charge is -2.38. The molecule has 0 fully saturated rings. The molecule has 2 aromatic rings. The average Bonchev–Trinajstić information content (AvgIpc) is 2.60. The van der Waals surface area contributed by atoms with Gasteiger partial charge in [0.25, 0.3) is 0 Å². The second kappa shape index (κ2) is 6.83. The van der Waals surface area contributed by atoms with Crippen LogP contribution in [-0.2, 0) is 14.3 Å². The fraction of sp³-hybridized carbons (Fsp3) is 0.333. The van der Waals surface area contributed by atoms with Gasteiger partial charge in [0.05, 0.1) is 25.3 Å². The molecule has 1 amide bonds. The summed E-state index contributed by atoms with van der Waals surface area (Å²) in [6.07, 6.45) is -0.422. The molecule has 0 saturated heterocycles. The fourth-order valence-corrected chi connectivity index (χ4v) is 3.23. The number of esters is 1. The summed E-state index contributed by atoms with van der Waals surface area (Å²) in [6.45, 7) is 5.47. The lowest BCUT2D eigenvalue weighted by atomic mass is 9.87. The largest absolute Gasteiger partial charge is 0.469 e. The van der Waals surface area contributed by atoms with Gasteiger partial charge in [-0.15, -0.1) is 0 Å². The summed E-state index contributed by atoms with van der Waals surface area (Å²) in [5.41, 5.74) is 2.95. The molecule has 0 saturated carbocycles. The number of methoxy groups -OCH3 is 1. The van der Waals surface area contributed by atoms with Crippen LogP contribution in [0.2, 0.25) is 0 Å². The number of anilines is 1. The predicted octanol–water partition coefficient (Wildman–Crippen LogP) is 4.71. The number of para-hydroxylation sites is 1. The lowest BCUT2D eigenvalue weighted by molar-refractivity contribution is -0.141. The minimum atomic E-state index is -0.640. The zero-order valence-corrected chi connectivity index (χ0v) is 15.5. The molecule has 0 bridgehead atoms. The van der Waals surface area contributed by atoms with E-state index in [4.69, 9.17) is 9.47 Å². The number of carbonyl (C=O) groups is 2. The highest BCUT2D eigenvalue weighted by atomic mass is 16.6. The molecule has 1 aliphatic heterocycles. The molecule has 26 heavy (non-hydrogen) atoms. The van der Waals surface area contributed by atoms with Gasteiger partial charge in [-0.3, -0.25) is 9.69 Å². The highest BCUT2D eigenvalue weighted by Crippen LogP contribution is 2.46. The Bertz CT molecular complexity index is 838. The molecule has 0 spiro atoms. The maximum Gasteiger partial charge on any atom is 0.415 e. The van der Waals surface area contributed by atoms with Gasteiger partial charge in [-0.1, -0.05) is 42.5 Å². The minimum Gasteiger partial charge on any atom is -0.469 e. The molecule has 136 valence electrons. The number of carbonyl (C=O) groups excluding carboxylic acids is 2. The summed E-state index contributed by atoms with van der Waals surface area (Å²) in [4.78, 5) is 26.6. The van der Waals surface area contributed by atoms with Crippen LogP contribution >= 0.6 is 0 Å². The number of fused-ring (bicyclic) bond motifs is 3. The van der Waals surface area contributed by atoms with Crippen molar-refractivity contribution in [1.82, 2.24) is 0 Å². The average molecular weight is 353 g/mol. The Kier molecular flexibility index (Phi) is 4.72. The van der Waals surface area contributed by atoms with Gasteiger partial charge in [-0.25, -0.2) is 4.79 Å². The Morgan fingerprint density at radius 2 is 1.62 bits per heavy atom. The van der Waals surface area contributed by atoms with E-state index in [0.717, 1.165) is 22.4 Å². The van der Waals surface area contributed by atoms with E-state index >= 15 is 0 Å². The Labute approximate surface area is 153 Å². The number of ether oxygens (including phenoxy) is 2. The van der Waals surface area contributed by atoms with Crippen LogP contribution in [0, 0.1) is 0 Å². The Morgan fingerprint density at radius 1 is 1.00 bits per heavy atom. The first kappa shape index (κ1) is 18.0. The van der Waals surface area contributed by atoms with Crippen LogP contribution in [0.15, 0.2) is 48.5 Å². The molecule has 0 radical (unpaired) electrons. The van der Waals surface area contributed by atoms with Gasteiger partial charge in [-0.05, 0) is 38.0 Å². The Hall–Kier alpha value is -2.82. The summed E-state index contributed by atoms with van der Waals surface area (Å²) in [7, 11) is 1.35. The summed E-state index contributed by atoms with van der Waals surface area (Å²) in [5, 5.41) is 0. The van der Waals surface area contributed by atoms with Crippen LogP contribution in [0.4, 0.5) is 10.5 Å². The van der Waals surface area contributed by atoms with Crippen molar-refractivity contribution in [2.24, 2.45) is 0 Å². The number of hydrogen-bond donors (Lipinski definition) is 0. The quantitative estimate of drug-likeness (QED) is 0.734. The molecule has 1 unspecified atom stereocenters. The van der Waals surface area contributed by atoms with Gasteiger partial charge >= 0.3 is 12.1 Å². The monoisotopic (exact) mass is 353 g/mol. The van der Waals surface area contributed by atoms with Crippen molar-refractivity contribution >= 4 is 17.7 Å². The topological polar surface area (TPSA) is 55.8 Å². The summed E-state index contributed by atoms with van der Waals surface area (Å²) in [5.74, 6) is -0.377. The van der Waals surface area contributed by atoms with Crippen LogP contribution in [0.3, 0.4) is 0 Å². The molecule has 5 nitrogen and oxygen atoms in total. The first-order chi connectivity index (χ1) is 12.3. The van der Waals surface area contributed by atoms with E-state index < -0.39 is 17.7 Å². The molecule has 1 atom stereocenters. The van der Waals surface area contributed by atoms with Crippen molar-refractivity contribution in [1.29, 1.82) is 0 Å². The van der Waals surface area contributed by atoms with E-state index in [1.165, 1.54) is 7.11 Å². The van der Waals surface area contributed by atoms with Crippen molar-refractivity contribution in [2.45, 2.75) is 38.8 Å². The molecule has 2 aromatic carbocycles. The van der Waals surface area contributed by atoms with E-state index in [0.29, 0.717) is 0 Å².